The van der Waals surface area contributed by atoms with Crippen LogP contribution in [0.1, 0.15) is 25.3 Å². The third-order valence-corrected chi connectivity index (χ3v) is 3.36. The monoisotopic (exact) mass is 298 g/mol. The Hall–Kier alpha value is -2.29. The van der Waals surface area contributed by atoms with E-state index in [1.807, 2.05) is 24.3 Å². The minimum absolute atomic E-state index is 0.0480. The number of unbranched alkanes of at least 4 members (excludes halogenated alkanes) is 1. The number of ether oxygens (including phenoxy) is 2. The van der Waals surface area contributed by atoms with Crippen molar-refractivity contribution >= 4 is 5.97 Å². The van der Waals surface area contributed by atoms with Crippen LogP contribution in [0.25, 0.3) is 11.1 Å². The van der Waals surface area contributed by atoms with Crippen LogP contribution in [0.4, 0.5) is 0 Å². The molecule has 2 rings (SSSR count). The van der Waals surface area contributed by atoms with E-state index in [1.165, 1.54) is 5.56 Å². The summed E-state index contributed by atoms with van der Waals surface area (Å²) in [6.07, 6.45) is 1.89. The zero-order valence-electron chi connectivity index (χ0n) is 13.2. The van der Waals surface area contributed by atoms with E-state index < -0.39 is 0 Å². The molecule has 0 aliphatic heterocycles. The normalized spacial score (nSPS) is 10.3. The summed E-state index contributed by atoms with van der Waals surface area (Å²) >= 11 is 0. The van der Waals surface area contributed by atoms with Crippen LogP contribution in [-0.2, 0) is 9.53 Å². The van der Waals surface area contributed by atoms with Crippen molar-refractivity contribution in [1.82, 2.24) is 0 Å². The lowest BCUT2D eigenvalue weighted by atomic mass is 10.0. The van der Waals surface area contributed by atoms with E-state index in [4.69, 9.17) is 9.47 Å². The summed E-state index contributed by atoms with van der Waals surface area (Å²) in [6.45, 7) is 4.54. The van der Waals surface area contributed by atoms with Gasteiger partial charge in [-0.2, -0.15) is 0 Å². The highest BCUT2D eigenvalue weighted by Crippen LogP contribution is 2.22. The topological polar surface area (TPSA) is 35.5 Å². The summed E-state index contributed by atoms with van der Waals surface area (Å²) in [4.78, 5) is 11.5. The number of hydrogen-bond donors (Lipinski definition) is 0. The Kier molecular flexibility index (Phi) is 6.01. The molecule has 0 radical (unpaired) electrons. The molecule has 0 bridgehead atoms. The number of carbonyl (C=O) groups is 1. The fraction of sp³-hybridized carbons (Fsp3) is 0.316. The van der Waals surface area contributed by atoms with Crippen LogP contribution in [-0.4, -0.2) is 19.2 Å². The van der Waals surface area contributed by atoms with Gasteiger partial charge in [0.2, 0.25) is 0 Å². The molecule has 0 saturated heterocycles. The Labute approximate surface area is 131 Å². The maximum Gasteiger partial charge on any atom is 0.344 e. The molecule has 0 spiro atoms. The molecule has 3 nitrogen and oxygen atoms in total. The average molecular weight is 298 g/mol. The SMILES string of the molecule is CCCCOC(=O)COc1ccc(-c2ccc(C)cc2)cc1. The highest BCUT2D eigenvalue weighted by molar-refractivity contribution is 5.71. The van der Waals surface area contributed by atoms with Gasteiger partial charge in [0.1, 0.15) is 5.75 Å². The van der Waals surface area contributed by atoms with Crippen molar-refractivity contribution < 1.29 is 14.3 Å². The number of carbonyl (C=O) groups excluding carboxylic acids is 1. The summed E-state index contributed by atoms with van der Waals surface area (Å²) in [5.74, 6) is 0.347. The lowest BCUT2D eigenvalue weighted by molar-refractivity contribution is -0.146. The van der Waals surface area contributed by atoms with Gasteiger partial charge in [0, 0.05) is 0 Å². The second-order valence-electron chi connectivity index (χ2n) is 5.25. The first-order chi connectivity index (χ1) is 10.7. The molecule has 0 heterocycles. The third-order valence-electron chi connectivity index (χ3n) is 3.36. The van der Waals surface area contributed by atoms with E-state index in [-0.39, 0.29) is 12.6 Å². The van der Waals surface area contributed by atoms with E-state index in [0.717, 1.165) is 24.0 Å². The molecule has 0 N–H and O–H groups in total. The summed E-state index contributed by atoms with van der Waals surface area (Å²) in [7, 11) is 0. The van der Waals surface area contributed by atoms with Crippen LogP contribution >= 0.6 is 0 Å². The fourth-order valence-corrected chi connectivity index (χ4v) is 2.00. The molecule has 2 aromatic carbocycles. The molecule has 3 heteroatoms. The van der Waals surface area contributed by atoms with Gasteiger partial charge in [-0.25, -0.2) is 4.79 Å². The summed E-state index contributed by atoms with van der Waals surface area (Å²) in [5, 5.41) is 0. The van der Waals surface area contributed by atoms with Crippen molar-refractivity contribution in [2.75, 3.05) is 13.2 Å². The Morgan fingerprint density at radius 2 is 1.55 bits per heavy atom. The highest BCUT2D eigenvalue weighted by Gasteiger charge is 2.04. The largest absolute Gasteiger partial charge is 0.482 e. The van der Waals surface area contributed by atoms with Crippen LogP contribution in [0, 0.1) is 6.92 Å². The van der Waals surface area contributed by atoms with Crippen molar-refractivity contribution in [2.24, 2.45) is 0 Å². The van der Waals surface area contributed by atoms with Crippen molar-refractivity contribution in [2.45, 2.75) is 26.7 Å². The molecular weight excluding hydrogens is 276 g/mol. The Balaban J connectivity index is 1.86. The van der Waals surface area contributed by atoms with Gasteiger partial charge in [-0.05, 0) is 36.6 Å². The van der Waals surface area contributed by atoms with Crippen LogP contribution in [0.5, 0.6) is 5.75 Å². The van der Waals surface area contributed by atoms with Gasteiger partial charge in [-0.3, -0.25) is 0 Å². The minimum atomic E-state index is -0.323. The Morgan fingerprint density at radius 1 is 0.955 bits per heavy atom. The maximum absolute atomic E-state index is 11.5. The number of benzene rings is 2. The van der Waals surface area contributed by atoms with Crippen LogP contribution in [0.2, 0.25) is 0 Å². The average Bonchev–Trinajstić information content (AvgIpc) is 2.54. The second-order valence-corrected chi connectivity index (χ2v) is 5.25. The number of aryl methyl sites for hydroxylation is 1. The van der Waals surface area contributed by atoms with Crippen LogP contribution in [0.3, 0.4) is 0 Å². The summed E-state index contributed by atoms with van der Waals surface area (Å²) in [6, 6.07) is 16.1. The first-order valence-corrected chi connectivity index (χ1v) is 7.64. The van der Waals surface area contributed by atoms with E-state index in [2.05, 4.69) is 38.1 Å². The predicted octanol–water partition coefficient (Wildman–Crippen LogP) is 4.38. The number of rotatable bonds is 7. The lowest BCUT2D eigenvalue weighted by Gasteiger charge is -2.08. The summed E-state index contributed by atoms with van der Waals surface area (Å²) in [5.41, 5.74) is 3.53. The zero-order valence-corrected chi connectivity index (χ0v) is 13.2. The predicted molar refractivity (Wildman–Crippen MR) is 88.0 cm³/mol. The van der Waals surface area contributed by atoms with Gasteiger partial charge in [0.25, 0.3) is 0 Å². The number of hydrogen-bond acceptors (Lipinski definition) is 3. The van der Waals surface area contributed by atoms with E-state index in [0.29, 0.717) is 12.4 Å². The van der Waals surface area contributed by atoms with Crippen molar-refractivity contribution in [1.29, 1.82) is 0 Å². The first-order valence-electron chi connectivity index (χ1n) is 7.64. The van der Waals surface area contributed by atoms with Gasteiger partial charge < -0.3 is 9.47 Å². The molecule has 0 aliphatic rings. The maximum atomic E-state index is 11.5. The molecule has 0 atom stereocenters. The second kappa shape index (κ2) is 8.23. The highest BCUT2D eigenvalue weighted by atomic mass is 16.6. The molecular formula is C19H22O3. The zero-order chi connectivity index (χ0) is 15.8. The summed E-state index contributed by atoms with van der Waals surface area (Å²) < 4.78 is 10.5. The molecule has 0 amide bonds. The molecule has 2 aromatic rings. The van der Waals surface area contributed by atoms with Crippen LogP contribution in [0.15, 0.2) is 48.5 Å². The van der Waals surface area contributed by atoms with Crippen molar-refractivity contribution in [3.63, 3.8) is 0 Å². The molecule has 116 valence electrons. The standard InChI is InChI=1S/C19H22O3/c1-3-4-13-21-19(20)14-22-18-11-9-17(10-12-18)16-7-5-15(2)6-8-16/h5-12H,3-4,13-14H2,1-2H3. The lowest BCUT2D eigenvalue weighted by Crippen LogP contribution is -2.15. The molecule has 0 unspecified atom stereocenters. The number of esters is 1. The van der Waals surface area contributed by atoms with E-state index >= 15 is 0 Å². The van der Waals surface area contributed by atoms with E-state index in [1.54, 1.807) is 0 Å². The van der Waals surface area contributed by atoms with Crippen molar-refractivity contribution in [3.05, 3.63) is 54.1 Å². The van der Waals surface area contributed by atoms with E-state index in [9.17, 15) is 4.79 Å². The van der Waals surface area contributed by atoms with Gasteiger partial charge in [-0.15, -0.1) is 0 Å². The minimum Gasteiger partial charge on any atom is -0.482 e. The smallest absolute Gasteiger partial charge is 0.344 e. The molecule has 22 heavy (non-hydrogen) atoms. The molecule has 0 fully saturated rings. The van der Waals surface area contributed by atoms with Crippen molar-refractivity contribution in [3.8, 4) is 16.9 Å². The quantitative estimate of drug-likeness (QED) is 0.562. The van der Waals surface area contributed by atoms with Crippen LogP contribution < -0.4 is 4.74 Å². The molecule has 0 saturated carbocycles. The first kappa shape index (κ1) is 16.1. The molecule has 0 aromatic heterocycles. The van der Waals surface area contributed by atoms with Gasteiger partial charge in [0.05, 0.1) is 6.61 Å². The van der Waals surface area contributed by atoms with Gasteiger partial charge in [0.15, 0.2) is 6.61 Å². The van der Waals surface area contributed by atoms with Gasteiger partial charge in [-0.1, -0.05) is 55.3 Å². The molecule has 0 aliphatic carbocycles. The Morgan fingerprint density at radius 3 is 2.14 bits per heavy atom. The fourth-order valence-electron chi connectivity index (χ4n) is 2.00. The Bertz CT molecular complexity index is 585. The third kappa shape index (κ3) is 4.92. The van der Waals surface area contributed by atoms with Gasteiger partial charge >= 0.3 is 5.97 Å².